The van der Waals surface area contributed by atoms with E-state index in [0.717, 1.165) is 0 Å². The molecule has 62 valence electrons. The largest absolute Gasteiger partial charge is 0.512 e. The van der Waals surface area contributed by atoms with Crippen LogP contribution in [0.1, 0.15) is 12.8 Å². The van der Waals surface area contributed by atoms with Gasteiger partial charge in [0.1, 0.15) is 0 Å². The van der Waals surface area contributed by atoms with Crippen LogP contribution in [0.2, 0.25) is 0 Å². The Morgan fingerprint density at radius 3 is 2.55 bits per heavy atom. The highest BCUT2D eigenvalue weighted by molar-refractivity contribution is 7.39. The van der Waals surface area contributed by atoms with Crippen LogP contribution in [0.25, 0.3) is 0 Å². The second-order valence-electron chi connectivity index (χ2n) is 2.04. The highest BCUT2D eigenvalue weighted by Crippen LogP contribution is 2.26. The summed E-state index contributed by atoms with van der Waals surface area (Å²) in [5.41, 5.74) is -0.596. The zero-order valence-corrected chi connectivity index (χ0v) is 6.83. The Balaban J connectivity index is 3.79. The van der Waals surface area contributed by atoms with Gasteiger partial charge < -0.3 is 5.11 Å². The summed E-state index contributed by atoms with van der Waals surface area (Å²) in [6, 6.07) is 0. The zero-order chi connectivity index (χ0) is 8.85. The van der Waals surface area contributed by atoms with E-state index in [1.807, 2.05) is 0 Å². The number of carbonyl (C=O) groups is 1. The fraction of sp³-hybridized carbons (Fsp3) is 0.500. The Kier molecular flexibility index (Phi) is 4.66. The molecule has 0 aromatic carbocycles. The predicted molar refractivity (Wildman–Crippen MR) is 40.7 cm³/mol. The zero-order valence-electron chi connectivity index (χ0n) is 5.93. The van der Waals surface area contributed by atoms with E-state index in [9.17, 15) is 9.36 Å². The van der Waals surface area contributed by atoms with E-state index in [1.54, 1.807) is 0 Å². The van der Waals surface area contributed by atoms with E-state index in [0.29, 0.717) is 0 Å². The maximum Gasteiger partial charge on any atom is 0.512 e. The quantitative estimate of drug-likeness (QED) is 0.487. The molecule has 0 saturated carbocycles. The van der Waals surface area contributed by atoms with E-state index in [4.69, 9.17) is 10.00 Å². The molecule has 0 bridgehead atoms. The first-order valence-electron chi connectivity index (χ1n) is 3.07. The van der Waals surface area contributed by atoms with E-state index >= 15 is 0 Å². The van der Waals surface area contributed by atoms with E-state index < -0.39 is 19.7 Å². The van der Waals surface area contributed by atoms with E-state index in [-0.39, 0.29) is 12.8 Å². The molecule has 0 aliphatic heterocycles. The van der Waals surface area contributed by atoms with Gasteiger partial charge in [0.05, 0.1) is 6.42 Å². The summed E-state index contributed by atoms with van der Waals surface area (Å²) in [6.45, 7) is 3.32. The summed E-state index contributed by atoms with van der Waals surface area (Å²) in [7, 11) is -2.33. The van der Waals surface area contributed by atoms with Gasteiger partial charge >= 0.3 is 14.0 Å². The number of allylic oxidation sites excluding steroid dienone is 1. The van der Waals surface area contributed by atoms with Crippen molar-refractivity contribution in [2.45, 2.75) is 18.5 Å². The van der Waals surface area contributed by atoms with Crippen molar-refractivity contribution in [3.05, 3.63) is 12.7 Å². The SMILES string of the molecule is C=CC(CCC(=O)O)[P+](=O)O. The molecular weight excluding hydrogens is 167 g/mol. The van der Waals surface area contributed by atoms with Gasteiger partial charge in [0.15, 0.2) is 0 Å². The van der Waals surface area contributed by atoms with E-state index in [1.165, 1.54) is 6.08 Å². The minimum absolute atomic E-state index is 0.0989. The maximum absolute atomic E-state index is 10.4. The third-order valence-corrected chi connectivity index (χ3v) is 2.25. The molecule has 0 rings (SSSR count). The second kappa shape index (κ2) is 4.99. The third kappa shape index (κ3) is 4.65. The first kappa shape index (κ1) is 10.3. The fourth-order valence-electron chi connectivity index (χ4n) is 0.590. The van der Waals surface area contributed by atoms with Crippen molar-refractivity contribution in [3.8, 4) is 0 Å². The standard InChI is InChI=1S/C6H9O4P/c1-2-5(11(9)10)3-4-6(7)8/h2,5H,1,3-4H2,(H-,7,8,9,10)/p+1. The summed E-state index contributed by atoms with van der Waals surface area (Å²) >= 11 is 0. The summed E-state index contributed by atoms with van der Waals surface area (Å²) in [5.74, 6) is -0.964. The fourth-order valence-corrected chi connectivity index (χ4v) is 1.12. The molecule has 11 heavy (non-hydrogen) atoms. The topological polar surface area (TPSA) is 74.6 Å². The summed E-state index contributed by atoms with van der Waals surface area (Å²) in [4.78, 5) is 18.6. The average molecular weight is 177 g/mol. The lowest BCUT2D eigenvalue weighted by Crippen LogP contribution is -2.02. The van der Waals surface area contributed by atoms with Gasteiger partial charge in [-0.1, -0.05) is 6.58 Å². The molecule has 2 unspecified atom stereocenters. The molecule has 0 aliphatic rings. The summed E-state index contributed by atoms with van der Waals surface area (Å²) in [5, 5.41) is 8.23. The van der Waals surface area contributed by atoms with Crippen molar-refractivity contribution in [2.24, 2.45) is 0 Å². The Morgan fingerprint density at radius 1 is 1.73 bits per heavy atom. The molecule has 0 amide bonds. The summed E-state index contributed by atoms with van der Waals surface area (Å²) in [6.07, 6.45) is 1.38. The first-order chi connectivity index (χ1) is 5.07. The molecule has 0 radical (unpaired) electrons. The lowest BCUT2D eigenvalue weighted by Gasteiger charge is -1.93. The molecule has 4 nitrogen and oxygen atoms in total. The third-order valence-electron chi connectivity index (χ3n) is 1.21. The molecule has 0 aromatic rings. The minimum atomic E-state index is -2.33. The number of hydrogen-bond acceptors (Lipinski definition) is 2. The molecule has 0 aliphatic carbocycles. The van der Waals surface area contributed by atoms with Crippen LogP contribution in [0.4, 0.5) is 0 Å². The lowest BCUT2D eigenvalue weighted by molar-refractivity contribution is -0.137. The van der Waals surface area contributed by atoms with Crippen LogP contribution in [-0.4, -0.2) is 21.6 Å². The van der Waals surface area contributed by atoms with Crippen LogP contribution >= 0.6 is 8.03 Å². The average Bonchev–Trinajstić information content (AvgIpc) is 1.87. The van der Waals surface area contributed by atoms with E-state index in [2.05, 4.69) is 6.58 Å². The molecule has 0 saturated heterocycles. The van der Waals surface area contributed by atoms with Gasteiger partial charge in [0.2, 0.25) is 5.66 Å². The molecule has 2 atom stereocenters. The van der Waals surface area contributed by atoms with Crippen molar-refractivity contribution >= 4 is 14.0 Å². The van der Waals surface area contributed by atoms with Gasteiger partial charge in [-0.05, 0) is 10.6 Å². The van der Waals surface area contributed by atoms with Gasteiger partial charge in [-0.2, -0.15) is 4.89 Å². The second-order valence-corrected chi connectivity index (χ2v) is 3.31. The van der Waals surface area contributed by atoms with Crippen LogP contribution in [0, 0.1) is 0 Å². The molecule has 2 N–H and O–H groups in total. The van der Waals surface area contributed by atoms with Crippen LogP contribution in [-0.2, 0) is 9.36 Å². The number of carboxylic acids is 1. The molecule has 5 heteroatoms. The predicted octanol–water partition coefficient (Wildman–Crippen LogP) is 1.14. The lowest BCUT2D eigenvalue weighted by atomic mass is 10.2. The number of carboxylic acid groups (broad SMARTS) is 1. The Hall–Kier alpha value is -0.730. The molecule has 0 heterocycles. The highest BCUT2D eigenvalue weighted by Gasteiger charge is 2.25. The Labute approximate surface area is 65.4 Å². The van der Waals surface area contributed by atoms with Crippen molar-refractivity contribution in [1.82, 2.24) is 0 Å². The molecule has 0 fully saturated rings. The molecule has 0 spiro atoms. The number of hydrogen-bond donors (Lipinski definition) is 2. The minimum Gasteiger partial charge on any atom is -0.481 e. The molecular formula is C6H10O4P+. The monoisotopic (exact) mass is 177 g/mol. The van der Waals surface area contributed by atoms with Gasteiger partial charge in [0, 0.05) is 6.42 Å². The first-order valence-corrected chi connectivity index (χ1v) is 4.35. The van der Waals surface area contributed by atoms with Crippen molar-refractivity contribution in [2.75, 3.05) is 0 Å². The smallest absolute Gasteiger partial charge is 0.481 e. The highest BCUT2D eigenvalue weighted by atomic mass is 31.1. The molecule has 0 aromatic heterocycles. The van der Waals surface area contributed by atoms with Crippen LogP contribution < -0.4 is 0 Å². The van der Waals surface area contributed by atoms with Crippen LogP contribution in [0.5, 0.6) is 0 Å². The van der Waals surface area contributed by atoms with Gasteiger partial charge in [-0.15, -0.1) is 0 Å². The maximum atomic E-state index is 10.4. The van der Waals surface area contributed by atoms with Gasteiger partial charge in [-0.3, -0.25) is 4.79 Å². The van der Waals surface area contributed by atoms with Crippen LogP contribution in [0.15, 0.2) is 12.7 Å². The van der Waals surface area contributed by atoms with Crippen molar-refractivity contribution in [1.29, 1.82) is 0 Å². The summed E-state index contributed by atoms with van der Waals surface area (Å²) < 4.78 is 10.4. The van der Waals surface area contributed by atoms with Gasteiger partial charge in [-0.25, -0.2) is 0 Å². The van der Waals surface area contributed by atoms with Gasteiger partial charge in [0.25, 0.3) is 0 Å². The van der Waals surface area contributed by atoms with Crippen molar-refractivity contribution < 1.29 is 19.4 Å². The van der Waals surface area contributed by atoms with Crippen LogP contribution in [0.3, 0.4) is 0 Å². The number of rotatable bonds is 5. The van der Waals surface area contributed by atoms with Crippen molar-refractivity contribution in [3.63, 3.8) is 0 Å². The normalized spacial score (nSPS) is 13.7. The number of aliphatic carboxylic acids is 1. The Bertz CT molecular complexity index is 177. The Morgan fingerprint density at radius 2 is 2.27 bits per heavy atom.